The first-order valence-corrected chi connectivity index (χ1v) is 8.85. The number of benzene rings is 1. The van der Waals surface area contributed by atoms with Crippen molar-refractivity contribution in [3.8, 4) is 0 Å². The maximum Gasteiger partial charge on any atom is 0.433 e. The maximum atomic E-state index is 12.8. The van der Waals surface area contributed by atoms with Gasteiger partial charge in [0.05, 0.1) is 0 Å². The van der Waals surface area contributed by atoms with E-state index < -0.39 is 11.9 Å². The predicted molar refractivity (Wildman–Crippen MR) is 94.5 cm³/mol. The highest BCUT2D eigenvalue weighted by Gasteiger charge is 2.32. The molecule has 1 unspecified atom stereocenters. The molecule has 1 aromatic heterocycles. The van der Waals surface area contributed by atoms with Gasteiger partial charge < -0.3 is 5.32 Å². The van der Waals surface area contributed by atoms with Crippen molar-refractivity contribution < 1.29 is 13.2 Å². The first-order valence-electron chi connectivity index (χ1n) is 8.85. The average Bonchev–Trinajstić information content (AvgIpc) is 2.61. The fraction of sp³-hybridized carbons (Fsp3) is 0.474. The van der Waals surface area contributed by atoms with Gasteiger partial charge in [0.2, 0.25) is 5.95 Å². The van der Waals surface area contributed by atoms with Crippen molar-refractivity contribution in [3.05, 3.63) is 53.3 Å². The summed E-state index contributed by atoms with van der Waals surface area (Å²) < 4.78 is 38.3. The third-order valence-electron chi connectivity index (χ3n) is 4.64. The van der Waals surface area contributed by atoms with E-state index in [1.165, 1.54) is 18.4 Å². The summed E-state index contributed by atoms with van der Waals surface area (Å²) in [6.07, 6.45) is -0.867. The van der Waals surface area contributed by atoms with E-state index in [2.05, 4.69) is 33.2 Å². The molecule has 0 aliphatic carbocycles. The Labute approximate surface area is 151 Å². The Morgan fingerprint density at radius 3 is 2.69 bits per heavy atom. The zero-order valence-electron chi connectivity index (χ0n) is 14.8. The van der Waals surface area contributed by atoms with Crippen molar-refractivity contribution in [1.82, 2.24) is 14.9 Å². The number of alkyl halides is 3. The van der Waals surface area contributed by atoms with E-state index >= 15 is 0 Å². The average molecular weight is 364 g/mol. The second kappa shape index (κ2) is 8.03. The number of hydrogen-bond donors (Lipinski definition) is 1. The number of likely N-dealkylation sites (tertiary alicyclic amines) is 1. The summed E-state index contributed by atoms with van der Waals surface area (Å²) in [4.78, 5) is 9.89. The third-order valence-corrected chi connectivity index (χ3v) is 4.64. The molecule has 140 valence electrons. The van der Waals surface area contributed by atoms with E-state index in [0.29, 0.717) is 12.5 Å². The lowest BCUT2D eigenvalue weighted by atomic mass is 9.99. The molecule has 4 nitrogen and oxygen atoms in total. The molecule has 1 N–H and O–H groups in total. The molecule has 0 bridgehead atoms. The SMILES string of the molecule is CC1CCCN(Cc2ccccc2CNc2nccc(C(F)(F)F)n2)C1. The fourth-order valence-electron chi connectivity index (χ4n) is 3.33. The smallest absolute Gasteiger partial charge is 0.350 e. The summed E-state index contributed by atoms with van der Waals surface area (Å²) in [5, 5.41) is 2.92. The summed E-state index contributed by atoms with van der Waals surface area (Å²) in [6.45, 7) is 5.68. The second-order valence-corrected chi connectivity index (χ2v) is 6.87. The van der Waals surface area contributed by atoms with Crippen LogP contribution in [0.25, 0.3) is 0 Å². The van der Waals surface area contributed by atoms with Crippen molar-refractivity contribution in [2.24, 2.45) is 5.92 Å². The minimum atomic E-state index is -4.47. The highest BCUT2D eigenvalue weighted by molar-refractivity contribution is 5.33. The summed E-state index contributed by atoms with van der Waals surface area (Å²) in [6, 6.07) is 8.86. The largest absolute Gasteiger partial charge is 0.433 e. The number of aromatic nitrogens is 2. The molecule has 1 aliphatic heterocycles. The zero-order valence-corrected chi connectivity index (χ0v) is 14.8. The van der Waals surface area contributed by atoms with Crippen LogP contribution in [0.3, 0.4) is 0 Å². The van der Waals surface area contributed by atoms with Gasteiger partial charge in [0.15, 0.2) is 0 Å². The molecule has 1 saturated heterocycles. The van der Waals surface area contributed by atoms with Crippen LogP contribution in [0.1, 0.15) is 36.6 Å². The number of halogens is 3. The Hall–Kier alpha value is -2.15. The van der Waals surface area contributed by atoms with Crippen LogP contribution in [0.2, 0.25) is 0 Å². The van der Waals surface area contributed by atoms with Crippen LogP contribution in [0, 0.1) is 5.92 Å². The molecule has 7 heteroatoms. The monoisotopic (exact) mass is 364 g/mol. The number of rotatable bonds is 5. The highest BCUT2D eigenvalue weighted by atomic mass is 19.4. The van der Waals surface area contributed by atoms with E-state index in [1.807, 2.05) is 18.2 Å². The lowest BCUT2D eigenvalue weighted by molar-refractivity contribution is -0.141. The minimum Gasteiger partial charge on any atom is -0.350 e. The van der Waals surface area contributed by atoms with Gasteiger partial charge >= 0.3 is 6.18 Å². The lowest BCUT2D eigenvalue weighted by Crippen LogP contribution is -2.34. The Morgan fingerprint density at radius 1 is 1.19 bits per heavy atom. The van der Waals surface area contributed by atoms with Crippen LogP contribution in [-0.4, -0.2) is 28.0 Å². The molecule has 1 atom stereocenters. The van der Waals surface area contributed by atoms with E-state index in [0.717, 1.165) is 37.5 Å². The summed E-state index contributed by atoms with van der Waals surface area (Å²) >= 11 is 0. The van der Waals surface area contributed by atoms with Crippen molar-refractivity contribution in [2.45, 2.75) is 39.0 Å². The summed E-state index contributed by atoms with van der Waals surface area (Å²) in [7, 11) is 0. The molecule has 1 aromatic carbocycles. The van der Waals surface area contributed by atoms with Gasteiger partial charge in [-0.05, 0) is 42.5 Å². The van der Waals surface area contributed by atoms with E-state index in [9.17, 15) is 13.2 Å². The molecule has 0 amide bonds. The minimum absolute atomic E-state index is 0.0128. The van der Waals surface area contributed by atoms with Crippen LogP contribution < -0.4 is 5.32 Å². The molecule has 0 saturated carbocycles. The zero-order chi connectivity index (χ0) is 18.6. The molecule has 1 aliphatic rings. The van der Waals surface area contributed by atoms with Gasteiger partial charge in [-0.1, -0.05) is 31.2 Å². The summed E-state index contributed by atoms with van der Waals surface area (Å²) in [5.74, 6) is 0.689. The van der Waals surface area contributed by atoms with Crippen LogP contribution in [0.4, 0.5) is 19.1 Å². The number of hydrogen-bond acceptors (Lipinski definition) is 4. The Bertz CT molecular complexity index is 733. The molecular formula is C19H23F3N4. The van der Waals surface area contributed by atoms with Crippen molar-refractivity contribution in [1.29, 1.82) is 0 Å². The molecule has 1 fully saturated rings. The molecule has 26 heavy (non-hydrogen) atoms. The Balaban J connectivity index is 1.67. The molecule has 0 radical (unpaired) electrons. The maximum absolute atomic E-state index is 12.8. The van der Waals surface area contributed by atoms with Crippen molar-refractivity contribution in [3.63, 3.8) is 0 Å². The van der Waals surface area contributed by atoms with Gasteiger partial charge in [0.1, 0.15) is 5.69 Å². The van der Waals surface area contributed by atoms with Crippen LogP contribution in [-0.2, 0) is 19.3 Å². The van der Waals surface area contributed by atoms with Gasteiger partial charge in [-0.3, -0.25) is 4.90 Å². The van der Waals surface area contributed by atoms with Gasteiger partial charge in [-0.15, -0.1) is 0 Å². The van der Waals surface area contributed by atoms with Crippen LogP contribution in [0.15, 0.2) is 36.5 Å². The highest BCUT2D eigenvalue weighted by Crippen LogP contribution is 2.27. The van der Waals surface area contributed by atoms with E-state index in [-0.39, 0.29) is 5.95 Å². The number of nitrogens with one attached hydrogen (secondary N) is 1. The molecular weight excluding hydrogens is 341 g/mol. The number of anilines is 1. The van der Waals surface area contributed by atoms with Crippen molar-refractivity contribution >= 4 is 5.95 Å². The number of piperidine rings is 1. The normalized spacial score (nSPS) is 18.7. The Morgan fingerprint density at radius 2 is 1.96 bits per heavy atom. The van der Waals surface area contributed by atoms with Crippen LogP contribution >= 0.6 is 0 Å². The first-order chi connectivity index (χ1) is 12.4. The van der Waals surface area contributed by atoms with E-state index in [1.54, 1.807) is 0 Å². The van der Waals surface area contributed by atoms with E-state index in [4.69, 9.17) is 0 Å². The molecule has 0 spiro atoms. The Kier molecular flexibility index (Phi) is 5.76. The standard InChI is InChI=1S/C19H23F3N4/c1-14-5-4-10-26(12-14)13-16-7-3-2-6-15(16)11-24-18-23-9-8-17(25-18)19(20,21)22/h2-3,6-9,14H,4-5,10-13H2,1H3,(H,23,24,25). The molecule has 2 aromatic rings. The first kappa shape index (κ1) is 18.6. The van der Waals surface area contributed by atoms with Gasteiger partial charge in [0.25, 0.3) is 0 Å². The summed E-state index contributed by atoms with van der Waals surface area (Å²) in [5.41, 5.74) is 1.29. The fourth-order valence-corrected chi connectivity index (χ4v) is 3.33. The quantitative estimate of drug-likeness (QED) is 0.857. The molecule has 3 rings (SSSR count). The van der Waals surface area contributed by atoms with Gasteiger partial charge in [-0.2, -0.15) is 13.2 Å². The lowest BCUT2D eigenvalue weighted by Gasteiger charge is -2.31. The topological polar surface area (TPSA) is 41.0 Å². The number of nitrogens with zero attached hydrogens (tertiary/aromatic N) is 3. The molecule has 2 heterocycles. The van der Waals surface area contributed by atoms with Crippen LogP contribution in [0.5, 0.6) is 0 Å². The van der Waals surface area contributed by atoms with Gasteiger partial charge in [0, 0.05) is 25.8 Å². The predicted octanol–water partition coefficient (Wildman–Crippen LogP) is 4.34. The van der Waals surface area contributed by atoms with Gasteiger partial charge in [-0.25, -0.2) is 9.97 Å². The van der Waals surface area contributed by atoms with Crippen molar-refractivity contribution in [2.75, 3.05) is 18.4 Å². The second-order valence-electron chi connectivity index (χ2n) is 6.87. The third kappa shape index (κ3) is 4.94.